The topological polar surface area (TPSA) is 64.1 Å². The molecule has 1 N–H and O–H groups in total. The van der Waals surface area contributed by atoms with Crippen LogP contribution >= 0.6 is 11.3 Å². The van der Waals surface area contributed by atoms with E-state index in [9.17, 15) is 4.79 Å². The van der Waals surface area contributed by atoms with Crippen molar-refractivity contribution < 1.29 is 9.53 Å². The quantitative estimate of drug-likeness (QED) is 0.658. The third-order valence-electron chi connectivity index (χ3n) is 4.09. The molecule has 1 aromatic heterocycles. The molecular formula is C21H23N3O2S. The molecule has 5 nitrogen and oxygen atoms in total. The third-order valence-corrected chi connectivity index (χ3v) is 4.98. The van der Waals surface area contributed by atoms with E-state index in [0.29, 0.717) is 17.3 Å². The summed E-state index contributed by atoms with van der Waals surface area (Å²) in [7, 11) is 0. The zero-order valence-corrected chi connectivity index (χ0v) is 16.8. The predicted molar refractivity (Wildman–Crippen MR) is 109 cm³/mol. The average Bonchev–Trinajstić information content (AvgIpc) is 3.07. The second-order valence-electron chi connectivity index (χ2n) is 6.61. The first-order valence-corrected chi connectivity index (χ1v) is 9.72. The van der Waals surface area contributed by atoms with E-state index in [-0.39, 0.29) is 5.91 Å². The Morgan fingerprint density at radius 1 is 1.04 bits per heavy atom. The highest BCUT2D eigenvalue weighted by atomic mass is 32.1. The van der Waals surface area contributed by atoms with Gasteiger partial charge in [-0.25, -0.2) is 0 Å². The molecule has 0 aliphatic rings. The molecule has 27 heavy (non-hydrogen) atoms. The van der Waals surface area contributed by atoms with Crippen molar-refractivity contribution in [3.05, 3.63) is 59.2 Å². The molecule has 0 radical (unpaired) electrons. The molecule has 1 heterocycles. The lowest BCUT2D eigenvalue weighted by Crippen LogP contribution is -2.32. The molecule has 3 rings (SSSR count). The summed E-state index contributed by atoms with van der Waals surface area (Å²) in [5, 5.41) is 12.3. The van der Waals surface area contributed by atoms with Gasteiger partial charge in [0.2, 0.25) is 5.13 Å². The number of rotatable bonds is 6. The van der Waals surface area contributed by atoms with Crippen LogP contribution in [-0.4, -0.2) is 22.2 Å². The van der Waals surface area contributed by atoms with Crippen molar-refractivity contribution in [3.8, 4) is 16.3 Å². The number of anilines is 1. The fraction of sp³-hybridized carbons (Fsp3) is 0.286. The summed E-state index contributed by atoms with van der Waals surface area (Å²) in [6.45, 7) is 7.98. The molecule has 0 unspecified atom stereocenters. The van der Waals surface area contributed by atoms with E-state index in [1.54, 1.807) is 0 Å². The lowest BCUT2D eigenvalue weighted by atomic mass is 10.1. The van der Waals surface area contributed by atoms with Crippen molar-refractivity contribution in [1.82, 2.24) is 10.2 Å². The molecule has 1 atom stereocenters. The molecule has 0 spiro atoms. The van der Waals surface area contributed by atoms with Gasteiger partial charge in [-0.05, 0) is 50.5 Å². The number of carbonyl (C=O) groups excluding carboxylic acids is 1. The maximum atomic E-state index is 12.6. The number of aryl methyl sites for hydroxylation is 3. The first-order chi connectivity index (χ1) is 12.9. The van der Waals surface area contributed by atoms with E-state index in [1.165, 1.54) is 16.9 Å². The Balaban J connectivity index is 1.69. The van der Waals surface area contributed by atoms with Gasteiger partial charge in [-0.15, -0.1) is 10.2 Å². The van der Waals surface area contributed by atoms with Crippen molar-refractivity contribution in [2.45, 2.75) is 40.2 Å². The van der Waals surface area contributed by atoms with Gasteiger partial charge in [-0.3, -0.25) is 10.1 Å². The summed E-state index contributed by atoms with van der Waals surface area (Å²) >= 11 is 1.35. The summed E-state index contributed by atoms with van der Waals surface area (Å²) in [6.07, 6.45) is -0.0273. The summed E-state index contributed by atoms with van der Waals surface area (Å²) in [5.74, 6) is 0.482. The molecule has 3 aromatic rings. The van der Waals surface area contributed by atoms with Crippen LogP contribution in [0.3, 0.4) is 0 Å². The predicted octanol–water partition coefficient (Wildman–Crippen LogP) is 4.93. The van der Waals surface area contributed by atoms with Gasteiger partial charge in [0.25, 0.3) is 5.91 Å². The molecule has 0 aliphatic carbocycles. The standard InChI is InChI=1S/C21H23N3O2S/c1-5-18(26-17-11-14(3)10-15(4)12-17)19(25)22-21-24-23-20(27-21)16-8-6-13(2)7-9-16/h6-12,18H,5H2,1-4H3,(H,22,24,25)/t18-/m0/s1. The van der Waals surface area contributed by atoms with Crippen molar-refractivity contribution in [2.24, 2.45) is 0 Å². The number of hydrogen-bond acceptors (Lipinski definition) is 5. The van der Waals surface area contributed by atoms with Crippen molar-refractivity contribution >= 4 is 22.4 Å². The van der Waals surface area contributed by atoms with Crippen molar-refractivity contribution in [1.29, 1.82) is 0 Å². The van der Waals surface area contributed by atoms with Crippen LogP contribution in [0.2, 0.25) is 0 Å². The number of benzene rings is 2. The van der Waals surface area contributed by atoms with Crippen LogP contribution in [0.25, 0.3) is 10.6 Å². The van der Waals surface area contributed by atoms with E-state index in [4.69, 9.17) is 4.74 Å². The summed E-state index contributed by atoms with van der Waals surface area (Å²) in [6, 6.07) is 14.0. The minimum Gasteiger partial charge on any atom is -0.481 e. The lowest BCUT2D eigenvalue weighted by Gasteiger charge is -2.17. The smallest absolute Gasteiger partial charge is 0.267 e. The lowest BCUT2D eigenvalue weighted by molar-refractivity contribution is -0.122. The highest BCUT2D eigenvalue weighted by Gasteiger charge is 2.20. The number of amides is 1. The molecule has 0 fully saturated rings. The number of nitrogens with zero attached hydrogens (tertiary/aromatic N) is 2. The van der Waals surface area contributed by atoms with Gasteiger partial charge in [0.15, 0.2) is 6.10 Å². The van der Waals surface area contributed by atoms with Gasteiger partial charge in [-0.2, -0.15) is 0 Å². The highest BCUT2D eigenvalue weighted by Crippen LogP contribution is 2.27. The second-order valence-corrected chi connectivity index (χ2v) is 7.58. The number of aromatic nitrogens is 2. The van der Waals surface area contributed by atoms with E-state index >= 15 is 0 Å². The molecular weight excluding hydrogens is 358 g/mol. The van der Waals surface area contributed by atoms with Gasteiger partial charge < -0.3 is 4.74 Å². The molecule has 0 saturated heterocycles. The molecule has 0 saturated carbocycles. The molecule has 0 bridgehead atoms. The maximum Gasteiger partial charge on any atom is 0.267 e. The monoisotopic (exact) mass is 381 g/mol. The number of ether oxygens (including phenoxy) is 1. The Morgan fingerprint density at radius 3 is 2.33 bits per heavy atom. The normalized spacial score (nSPS) is 11.9. The van der Waals surface area contributed by atoms with Gasteiger partial charge in [0, 0.05) is 5.56 Å². The first-order valence-electron chi connectivity index (χ1n) is 8.91. The zero-order valence-electron chi connectivity index (χ0n) is 15.9. The number of hydrogen-bond donors (Lipinski definition) is 1. The van der Waals surface area contributed by atoms with Crippen LogP contribution in [0.1, 0.15) is 30.0 Å². The maximum absolute atomic E-state index is 12.6. The van der Waals surface area contributed by atoms with E-state index in [0.717, 1.165) is 21.7 Å². The second kappa shape index (κ2) is 8.31. The first kappa shape index (κ1) is 19.0. The zero-order chi connectivity index (χ0) is 19.4. The number of carbonyl (C=O) groups is 1. The van der Waals surface area contributed by atoms with Gasteiger partial charge >= 0.3 is 0 Å². The van der Waals surface area contributed by atoms with E-state index < -0.39 is 6.10 Å². The summed E-state index contributed by atoms with van der Waals surface area (Å²) < 4.78 is 5.91. The Bertz CT molecular complexity index is 915. The molecule has 140 valence electrons. The Morgan fingerprint density at radius 2 is 1.70 bits per heavy atom. The van der Waals surface area contributed by atoms with Crippen LogP contribution < -0.4 is 10.1 Å². The average molecular weight is 382 g/mol. The Kier molecular flexibility index (Phi) is 5.86. The van der Waals surface area contributed by atoms with Crippen LogP contribution in [-0.2, 0) is 4.79 Å². The summed E-state index contributed by atoms with van der Waals surface area (Å²) in [5.41, 5.74) is 4.38. The van der Waals surface area contributed by atoms with E-state index in [1.807, 2.05) is 64.1 Å². The fourth-order valence-electron chi connectivity index (χ4n) is 2.76. The van der Waals surface area contributed by atoms with Gasteiger partial charge in [0.05, 0.1) is 0 Å². The largest absolute Gasteiger partial charge is 0.481 e. The third kappa shape index (κ3) is 4.92. The Hall–Kier alpha value is -2.73. The Labute approximate surface area is 163 Å². The molecule has 1 amide bonds. The van der Waals surface area contributed by atoms with Crippen LogP contribution in [0.5, 0.6) is 5.75 Å². The van der Waals surface area contributed by atoms with Gasteiger partial charge in [-0.1, -0.05) is 54.2 Å². The molecule has 6 heteroatoms. The molecule has 2 aromatic carbocycles. The minimum atomic E-state index is -0.585. The van der Waals surface area contributed by atoms with Crippen LogP contribution in [0, 0.1) is 20.8 Å². The SMILES string of the molecule is CC[C@H](Oc1cc(C)cc(C)c1)C(=O)Nc1nnc(-c2ccc(C)cc2)s1. The highest BCUT2D eigenvalue weighted by molar-refractivity contribution is 7.18. The van der Waals surface area contributed by atoms with Crippen LogP contribution in [0.15, 0.2) is 42.5 Å². The summed E-state index contributed by atoms with van der Waals surface area (Å²) in [4.78, 5) is 12.6. The fourth-order valence-corrected chi connectivity index (χ4v) is 3.51. The molecule has 0 aliphatic heterocycles. The number of nitrogens with one attached hydrogen (secondary N) is 1. The van der Waals surface area contributed by atoms with Crippen LogP contribution in [0.4, 0.5) is 5.13 Å². The van der Waals surface area contributed by atoms with Crippen molar-refractivity contribution in [2.75, 3.05) is 5.32 Å². The minimum absolute atomic E-state index is 0.219. The van der Waals surface area contributed by atoms with E-state index in [2.05, 4.69) is 21.6 Å². The van der Waals surface area contributed by atoms with Gasteiger partial charge in [0.1, 0.15) is 10.8 Å². The van der Waals surface area contributed by atoms with Crippen molar-refractivity contribution in [3.63, 3.8) is 0 Å².